The third-order valence-corrected chi connectivity index (χ3v) is 4.90. The Bertz CT molecular complexity index is 1170. The zero-order valence-corrected chi connectivity index (χ0v) is 14.7. The summed E-state index contributed by atoms with van der Waals surface area (Å²) in [5.41, 5.74) is 1.19. The molecule has 3 aromatic heterocycles. The second-order valence-electron chi connectivity index (χ2n) is 5.77. The average molecular weight is 380 g/mol. The summed E-state index contributed by atoms with van der Waals surface area (Å²) in [6, 6.07) is 12.5. The Hall–Kier alpha value is -3.46. The molecule has 0 radical (unpaired) electrons. The smallest absolute Gasteiger partial charge is 0.267 e. The Labute approximate surface area is 156 Å². The maximum Gasteiger partial charge on any atom is 0.267 e. The average Bonchev–Trinajstić information content (AvgIpc) is 3.44. The highest BCUT2D eigenvalue weighted by molar-refractivity contribution is 7.13. The van der Waals surface area contributed by atoms with E-state index >= 15 is 0 Å². The lowest BCUT2D eigenvalue weighted by Gasteiger charge is -2.06. The molecule has 0 fully saturated rings. The highest BCUT2D eigenvalue weighted by Gasteiger charge is 2.16. The van der Waals surface area contributed by atoms with Crippen molar-refractivity contribution >= 4 is 11.3 Å². The molecule has 4 heterocycles. The van der Waals surface area contributed by atoms with Crippen LogP contribution >= 0.6 is 11.3 Å². The predicted octanol–water partition coefficient (Wildman–Crippen LogP) is 2.80. The molecule has 0 atom stereocenters. The van der Waals surface area contributed by atoms with Gasteiger partial charge in [-0.25, -0.2) is 4.68 Å². The van der Waals surface area contributed by atoms with Crippen LogP contribution in [0.15, 0.2) is 57.2 Å². The molecule has 0 spiro atoms. The molecular weight excluding hydrogens is 368 g/mol. The van der Waals surface area contributed by atoms with E-state index in [-0.39, 0.29) is 18.9 Å². The van der Waals surface area contributed by atoms with E-state index in [0.717, 1.165) is 10.4 Å². The molecule has 0 bridgehead atoms. The first-order chi connectivity index (χ1) is 13.3. The normalized spacial score (nSPS) is 12.4. The molecule has 5 rings (SSSR count). The molecule has 1 aliphatic heterocycles. The second kappa shape index (κ2) is 6.36. The Morgan fingerprint density at radius 1 is 1.11 bits per heavy atom. The first kappa shape index (κ1) is 15.8. The van der Waals surface area contributed by atoms with Gasteiger partial charge < -0.3 is 14.0 Å². The van der Waals surface area contributed by atoms with Gasteiger partial charge in [-0.1, -0.05) is 11.2 Å². The van der Waals surface area contributed by atoms with Crippen molar-refractivity contribution in [2.24, 2.45) is 0 Å². The summed E-state index contributed by atoms with van der Waals surface area (Å²) in [5, 5.41) is 10.3. The number of rotatable bonds is 4. The van der Waals surface area contributed by atoms with Crippen LogP contribution in [0.3, 0.4) is 0 Å². The zero-order chi connectivity index (χ0) is 18.2. The third kappa shape index (κ3) is 2.97. The van der Waals surface area contributed by atoms with Crippen LogP contribution in [0.4, 0.5) is 0 Å². The number of nitrogens with zero attached hydrogens (tertiary/aromatic N) is 4. The fourth-order valence-corrected chi connectivity index (χ4v) is 3.37. The number of ether oxygens (including phenoxy) is 2. The van der Waals surface area contributed by atoms with E-state index in [2.05, 4.69) is 15.2 Å². The first-order valence-corrected chi connectivity index (χ1v) is 8.99. The molecule has 27 heavy (non-hydrogen) atoms. The van der Waals surface area contributed by atoms with Gasteiger partial charge in [-0.05, 0) is 35.7 Å². The van der Waals surface area contributed by atoms with E-state index < -0.39 is 0 Å². The number of benzene rings is 1. The Morgan fingerprint density at radius 2 is 2.04 bits per heavy atom. The van der Waals surface area contributed by atoms with Gasteiger partial charge in [-0.3, -0.25) is 4.79 Å². The summed E-state index contributed by atoms with van der Waals surface area (Å²) in [7, 11) is 0. The summed E-state index contributed by atoms with van der Waals surface area (Å²) in [5.74, 6) is 2.17. The molecule has 8 nitrogen and oxygen atoms in total. The monoisotopic (exact) mass is 380 g/mol. The fourth-order valence-electron chi connectivity index (χ4n) is 2.73. The van der Waals surface area contributed by atoms with Crippen molar-refractivity contribution in [2.75, 3.05) is 6.79 Å². The molecule has 0 saturated heterocycles. The van der Waals surface area contributed by atoms with Crippen molar-refractivity contribution in [1.29, 1.82) is 0 Å². The maximum absolute atomic E-state index is 12.2. The van der Waals surface area contributed by atoms with Crippen molar-refractivity contribution in [1.82, 2.24) is 19.9 Å². The van der Waals surface area contributed by atoms with Crippen LogP contribution in [0.2, 0.25) is 0 Å². The van der Waals surface area contributed by atoms with E-state index in [1.165, 1.54) is 22.1 Å². The van der Waals surface area contributed by atoms with Crippen LogP contribution in [-0.4, -0.2) is 26.7 Å². The van der Waals surface area contributed by atoms with E-state index in [4.69, 9.17) is 14.0 Å². The Balaban J connectivity index is 1.45. The molecule has 1 aromatic carbocycles. The molecule has 0 saturated carbocycles. The van der Waals surface area contributed by atoms with Gasteiger partial charge in [0.15, 0.2) is 11.5 Å². The Morgan fingerprint density at radius 3 is 2.93 bits per heavy atom. The van der Waals surface area contributed by atoms with Gasteiger partial charge in [-0.2, -0.15) is 10.1 Å². The van der Waals surface area contributed by atoms with Gasteiger partial charge >= 0.3 is 0 Å². The lowest BCUT2D eigenvalue weighted by Crippen LogP contribution is -2.23. The van der Waals surface area contributed by atoms with Crippen LogP contribution in [0.5, 0.6) is 11.5 Å². The lowest BCUT2D eigenvalue weighted by atomic mass is 10.1. The highest BCUT2D eigenvalue weighted by Crippen LogP contribution is 2.35. The van der Waals surface area contributed by atoms with Gasteiger partial charge in [0.05, 0.1) is 10.6 Å². The summed E-state index contributed by atoms with van der Waals surface area (Å²) < 4.78 is 17.3. The van der Waals surface area contributed by atoms with Crippen molar-refractivity contribution in [2.45, 2.75) is 6.54 Å². The topological polar surface area (TPSA) is 92.3 Å². The summed E-state index contributed by atoms with van der Waals surface area (Å²) in [4.78, 5) is 17.4. The molecule has 0 unspecified atom stereocenters. The van der Waals surface area contributed by atoms with Crippen LogP contribution < -0.4 is 15.0 Å². The second-order valence-corrected chi connectivity index (χ2v) is 6.72. The number of fused-ring (bicyclic) bond motifs is 1. The minimum absolute atomic E-state index is 0.0929. The van der Waals surface area contributed by atoms with Crippen LogP contribution in [0, 0.1) is 0 Å². The van der Waals surface area contributed by atoms with Crippen LogP contribution in [0.1, 0.15) is 5.89 Å². The van der Waals surface area contributed by atoms with Gasteiger partial charge in [0.1, 0.15) is 6.54 Å². The SMILES string of the molecule is O=c1ccc(-c2ccc3c(c2)OCO3)nn1Cc1nc(-c2cccs2)no1. The molecule has 1 aliphatic rings. The van der Waals surface area contributed by atoms with Crippen LogP contribution in [0.25, 0.3) is 22.0 Å². The van der Waals surface area contributed by atoms with Crippen molar-refractivity contribution in [3.05, 3.63) is 64.1 Å². The lowest BCUT2D eigenvalue weighted by molar-refractivity contribution is 0.174. The molecular formula is C18H12N4O4S. The summed E-state index contributed by atoms with van der Waals surface area (Å²) >= 11 is 1.52. The quantitative estimate of drug-likeness (QED) is 0.537. The van der Waals surface area contributed by atoms with Crippen molar-refractivity contribution in [3.8, 4) is 33.5 Å². The summed E-state index contributed by atoms with van der Waals surface area (Å²) in [6.07, 6.45) is 0. The molecule has 134 valence electrons. The van der Waals surface area contributed by atoms with E-state index in [0.29, 0.717) is 28.9 Å². The zero-order valence-electron chi connectivity index (χ0n) is 13.9. The van der Waals surface area contributed by atoms with Gasteiger partial charge in [0.25, 0.3) is 5.56 Å². The largest absolute Gasteiger partial charge is 0.454 e. The van der Waals surface area contributed by atoms with E-state index in [1.54, 1.807) is 6.07 Å². The van der Waals surface area contributed by atoms with Gasteiger partial charge in [0, 0.05) is 11.6 Å². The van der Waals surface area contributed by atoms with E-state index in [9.17, 15) is 4.79 Å². The number of hydrogen-bond donors (Lipinski definition) is 0. The highest BCUT2D eigenvalue weighted by atomic mass is 32.1. The molecule has 0 aliphatic carbocycles. The Kier molecular flexibility index (Phi) is 3.72. The van der Waals surface area contributed by atoms with Crippen molar-refractivity contribution < 1.29 is 14.0 Å². The third-order valence-electron chi connectivity index (χ3n) is 4.03. The van der Waals surface area contributed by atoms with Crippen LogP contribution in [-0.2, 0) is 6.54 Å². The molecule has 0 N–H and O–H groups in total. The molecule has 0 amide bonds. The maximum atomic E-state index is 12.2. The minimum atomic E-state index is -0.254. The standard InChI is InChI=1S/C18H12N4O4S/c23-17-6-4-12(11-3-5-13-14(8-11)25-10-24-13)20-22(17)9-16-19-18(21-26-16)15-2-1-7-27-15/h1-8H,9-10H2. The minimum Gasteiger partial charge on any atom is -0.454 e. The summed E-state index contributed by atoms with van der Waals surface area (Å²) in [6.45, 7) is 0.297. The first-order valence-electron chi connectivity index (χ1n) is 8.11. The number of thiophene rings is 1. The van der Waals surface area contributed by atoms with Gasteiger partial charge in [-0.15, -0.1) is 11.3 Å². The van der Waals surface area contributed by atoms with Gasteiger partial charge in [0.2, 0.25) is 18.5 Å². The molecule has 4 aromatic rings. The van der Waals surface area contributed by atoms with E-state index in [1.807, 2.05) is 35.7 Å². The van der Waals surface area contributed by atoms with Crippen molar-refractivity contribution in [3.63, 3.8) is 0 Å². The number of aromatic nitrogens is 4. The number of hydrogen-bond acceptors (Lipinski definition) is 8. The predicted molar refractivity (Wildman–Crippen MR) is 96.8 cm³/mol. The fraction of sp³-hybridized carbons (Fsp3) is 0.111. The molecule has 9 heteroatoms.